The number of para-hydroxylation sites is 1. The lowest BCUT2D eigenvalue weighted by atomic mass is 10.1. The number of nitrogens with zero attached hydrogens (tertiary/aromatic N) is 1. The molecule has 1 N–H and O–H groups in total. The highest BCUT2D eigenvalue weighted by atomic mass is 16.7. The molecule has 0 aliphatic carbocycles. The van der Waals surface area contributed by atoms with Gasteiger partial charge in [0.15, 0.2) is 0 Å². The standard InChI is InChI=1S/C17H27NO3/c1-4-6-7-8-11-14(3)18(5-2)21-17(20)15-12-9-10-13-16(15)19/h9-10,12-14,19H,4-8,11H2,1-3H3. The van der Waals surface area contributed by atoms with Crippen LogP contribution in [0.15, 0.2) is 24.3 Å². The number of rotatable bonds is 9. The van der Waals surface area contributed by atoms with Gasteiger partial charge in [-0.3, -0.25) is 0 Å². The van der Waals surface area contributed by atoms with Crippen molar-refractivity contribution in [3.63, 3.8) is 0 Å². The normalized spacial score (nSPS) is 12.4. The highest BCUT2D eigenvalue weighted by Crippen LogP contribution is 2.18. The van der Waals surface area contributed by atoms with E-state index in [1.165, 1.54) is 25.3 Å². The molecule has 0 aliphatic heterocycles. The maximum absolute atomic E-state index is 12.1. The Kier molecular flexibility index (Phi) is 7.83. The summed E-state index contributed by atoms with van der Waals surface area (Å²) in [6, 6.07) is 6.63. The number of aromatic hydroxyl groups is 1. The fourth-order valence-corrected chi connectivity index (χ4v) is 2.28. The summed E-state index contributed by atoms with van der Waals surface area (Å²) in [5.41, 5.74) is 0.203. The summed E-state index contributed by atoms with van der Waals surface area (Å²) in [7, 11) is 0. The van der Waals surface area contributed by atoms with Crippen molar-refractivity contribution < 1.29 is 14.7 Å². The number of unbranched alkanes of at least 4 members (excludes halogenated alkanes) is 3. The Morgan fingerprint density at radius 2 is 1.95 bits per heavy atom. The Hall–Kier alpha value is -1.55. The van der Waals surface area contributed by atoms with Gasteiger partial charge in [0.25, 0.3) is 0 Å². The molecular weight excluding hydrogens is 266 g/mol. The van der Waals surface area contributed by atoms with Crippen molar-refractivity contribution in [3.05, 3.63) is 29.8 Å². The molecule has 118 valence electrons. The van der Waals surface area contributed by atoms with Crippen molar-refractivity contribution in [2.45, 2.75) is 58.9 Å². The number of hydrogen-bond acceptors (Lipinski definition) is 4. The zero-order valence-electron chi connectivity index (χ0n) is 13.3. The van der Waals surface area contributed by atoms with E-state index in [-0.39, 0.29) is 17.4 Å². The number of carbonyl (C=O) groups is 1. The first-order valence-corrected chi connectivity index (χ1v) is 7.87. The molecule has 4 nitrogen and oxygen atoms in total. The Balaban J connectivity index is 2.53. The van der Waals surface area contributed by atoms with Crippen LogP contribution >= 0.6 is 0 Å². The molecule has 1 aromatic carbocycles. The van der Waals surface area contributed by atoms with Gasteiger partial charge in [-0.1, -0.05) is 44.7 Å². The van der Waals surface area contributed by atoms with E-state index in [4.69, 9.17) is 4.84 Å². The predicted molar refractivity (Wildman–Crippen MR) is 84.1 cm³/mol. The molecule has 0 radical (unpaired) electrons. The molecule has 0 bridgehead atoms. The molecule has 1 rings (SSSR count). The van der Waals surface area contributed by atoms with E-state index < -0.39 is 5.97 Å². The number of hydroxylamine groups is 2. The summed E-state index contributed by atoms with van der Waals surface area (Å²) in [5.74, 6) is -0.551. The lowest BCUT2D eigenvalue weighted by Crippen LogP contribution is -2.35. The Morgan fingerprint density at radius 1 is 1.24 bits per heavy atom. The molecule has 0 aromatic heterocycles. The first kappa shape index (κ1) is 17.5. The van der Waals surface area contributed by atoms with Crippen molar-refractivity contribution >= 4 is 5.97 Å². The van der Waals surface area contributed by atoms with E-state index in [9.17, 15) is 9.90 Å². The van der Waals surface area contributed by atoms with Crippen LogP contribution in [0, 0.1) is 0 Å². The summed E-state index contributed by atoms with van der Waals surface area (Å²) in [4.78, 5) is 17.5. The summed E-state index contributed by atoms with van der Waals surface area (Å²) in [6.07, 6.45) is 5.82. The van der Waals surface area contributed by atoms with Gasteiger partial charge in [0, 0.05) is 12.6 Å². The number of carbonyl (C=O) groups excluding carboxylic acids is 1. The molecule has 0 aliphatic rings. The fraction of sp³-hybridized carbons (Fsp3) is 0.588. The summed E-state index contributed by atoms with van der Waals surface area (Å²) >= 11 is 0. The molecule has 1 unspecified atom stereocenters. The van der Waals surface area contributed by atoms with Crippen LogP contribution in [0.4, 0.5) is 0 Å². The van der Waals surface area contributed by atoms with Crippen LogP contribution < -0.4 is 0 Å². The Bertz CT molecular complexity index is 434. The van der Waals surface area contributed by atoms with Crippen molar-refractivity contribution in [2.75, 3.05) is 6.54 Å². The van der Waals surface area contributed by atoms with Crippen LogP contribution in [0.2, 0.25) is 0 Å². The first-order valence-electron chi connectivity index (χ1n) is 7.87. The summed E-state index contributed by atoms with van der Waals surface area (Å²) in [5, 5.41) is 11.4. The molecule has 1 atom stereocenters. The second-order valence-electron chi connectivity index (χ2n) is 5.33. The van der Waals surface area contributed by atoms with E-state index in [1.54, 1.807) is 23.3 Å². The smallest absolute Gasteiger partial charge is 0.360 e. The first-order chi connectivity index (χ1) is 10.1. The fourth-order valence-electron chi connectivity index (χ4n) is 2.28. The molecule has 0 amide bonds. The van der Waals surface area contributed by atoms with Crippen LogP contribution in [-0.2, 0) is 4.84 Å². The minimum Gasteiger partial charge on any atom is -0.507 e. The monoisotopic (exact) mass is 293 g/mol. The molecule has 1 aromatic rings. The zero-order valence-corrected chi connectivity index (χ0v) is 13.3. The van der Waals surface area contributed by atoms with Crippen LogP contribution in [-0.4, -0.2) is 28.7 Å². The van der Waals surface area contributed by atoms with Gasteiger partial charge in [0.05, 0.1) is 0 Å². The number of benzene rings is 1. The topological polar surface area (TPSA) is 49.8 Å². The van der Waals surface area contributed by atoms with Gasteiger partial charge in [-0.25, -0.2) is 4.79 Å². The maximum atomic E-state index is 12.1. The molecule has 0 saturated heterocycles. The van der Waals surface area contributed by atoms with Gasteiger partial charge >= 0.3 is 5.97 Å². The average Bonchev–Trinajstić information content (AvgIpc) is 2.49. The van der Waals surface area contributed by atoms with Gasteiger partial charge in [-0.2, -0.15) is 0 Å². The SMILES string of the molecule is CCCCCCC(C)N(CC)OC(=O)c1ccccc1O. The third-order valence-corrected chi connectivity index (χ3v) is 3.60. The van der Waals surface area contributed by atoms with E-state index in [0.29, 0.717) is 6.54 Å². The van der Waals surface area contributed by atoms with Crippen molar-refractivity contribution in [2.24, 2.45) is 0 Å². The summed E-state index contributed by atoms with van der Waals surface area (Å²) in [6.45, 7) is 6.85. The van der Waals surface area contributed by atoms with Crippen LogP contribution in [0.1, 0.15) is 63.2 Å². The van der Waals surface area contributed by atoms with Crippen molar-refractivity contribution in [1.82, 2.24) is 5.06 Å². The van der Waals surface area contributed by atoms with Gasteiger partial charge in [0.2, 0.25) is 0 Å². The molecule has 0 saturated carbocycles. The van der Waals surface area contributed by atoms with Crippen LogP contribution in [0.3, 0.4) is 0 Å². The quantitative estimate of drug-likeness (QED) is 0.549. The van der Waals surface area contributed by atoms with Crippen molar-refractivity contribution in [1.29, 1.82) is 0 Å². The Labute approximate surface area is 127 Å². The Morgan fingerprint density at radius 3 is 2.57 bits per heavy atom. The molecular formula is C17H27NO3. The number of phenolic OH excluding ortho intramolecular Hbond substituents is 1. The second-order valence-corrected chi connectivity index (χ2v) is 5.33. The third-order valence-electron chi connectivity index (χ3n) is 3.60. The highest BCUT2D eigenvalue weighted by Gasteiger charge is 2.19. The maximum Gasteiger partial charge on any atom is 0.360 e. The largest absolute Gasteiger partial charge is 0.507 e. The van der Waals surface area contributed by atoms with Gasteiger partial charge in [-0.15, -0.1) is 5.06 Å². The number of hydrogen-bond donors (Lipinski definition) is 1. The minimum absolute atomic E-state index is 0.0471. The second kappa shape index (κ2) is 9.40. The molecule has 4 heteroatoms. The molecule has 0 fully saturated rings. The van der Waals surface area contributed by atoms with E-state index in [1.807, 2.05) is 6.92 Å². The lowest BCUT2D eigenvalue weighted by Gasteiger charge is -2.26. The third kappa shape index (κ3) is 5.76. The zero-order chi connectivity index (χ0) is 15.7. The van der Waals surface area contributed by atoms with Gasteiger partial charge in [0.1, 0.15) is 11.3 Å². The van der Waals surface area contributed by atoms with E-state index in [0.717, 1.165) is 12.8 Å². The molecule has 0 spiro atoms. The minimum atomic E-state index is -0.504. The van der Waals surface area contributed by atoms with E-state index >= 15 is 0 Å². The predicted octanol–water partition coefficient (Wildman–Crippen LogP) is 4.14. The van der Waals surface area contributed by atoms with Crippen LogP contribution in [0.25, 0.3) is 0 Å². The van der Waals surface area contributed by atoms with Gasteiger partial charge < -0.3 is 9.94 Å². The van der Waals surface area contributed by atoms with Crippen LogP contribution in [0.5, 0.6) is 5.75 Å². The van der Waals surface area contributed by atoms with Gasteiger partial charge in [-0.05, 0) is 32.4 Å². The average molecular weight is 293 g/mol. The van der Waals surface area contributed by atoms with Crippen molar-refractivity contribution in [3.8, 4) is 5.75 Å². The lowest BCUT2D eigenvalue weighted by molar-refractivity contribution is -0.132. The highest BCUT2D eigenvalue weighted by molar-refractivity contribution is 5.92. The molecule has 21 heavy (non-hydrogen) atoms. The molecule has 0 heterocycles. The summed E-state index contributed by atoms with van der Waals surface area (Å²) < 4.78 is 0. The van der Waals surface area contributed by atoms with E-state index in [2.05, 4.69) is 13.8 Å². The number of phenols is 1.